The molecule has 1 heterocycles. The molecule has 1 rings (SSSR count). The van der Waals surface area contributed by atoms with Gasteiger partial charge in [-0.3, -0.25) is 4.68 Å². The first-order valence-corrected chi connectivity index (χ1v) is 6.87. The third-order valence-electron chi connectivity index (χ3n) is 3.00. The minimum Gasteiger partial charge on any atom is -0.328 e. The average molecular weight is 306 g/mol. The fourth-order valence-corrected chi connectivity index (χ4v) is 2.47. The second-order valence-corrected chi connectivity index (χ2v) is 5.24. The van der Waals surface area contributed by atoms with Gasteiger partial charge in [-0.05, 0) is 36.2 Å². The number of alkyl halides is 1. The van der Waals surface area contributed by atoms with E-state index in [9.17, 15) is 4.39 Å². The van der Waals surface area contributed by atoms with Gasteiger partial charge in [0.05, 0.1) is 15.9 Å². The van der Waals surface area contributed by atoms with Gasteiger partial charge in [-0.25, -0.2) is 4.39 Å². The number of nitrogens with two attached hydrogens (primary N) is 1. The summed E-state index contributed by atoms with van der Waals surface area (Å²) in [5, 5.41) is 4.37. The van der Waals surface area contributed by atoms with Crippen molar-refractivity contribution in [1.29, 1.82) is 0 Å². The van der Waals surface area contributed by atoms with Crippen LogP contribution in [0.4, 0.5) is 4.39 Å². The van der Waals surface area contributed by atoms with Crippen molar-refractivity contribution in [2.24, 2.45) is 5.73 Å². The molecule has 17 heavy (non-hydrogen) atoms. The summed E-state index contributed by atoms with van der Waals surface area (Å²) < 4.78 is 17.3. The molecule has 0 saturated carbocycles. The molecule has 0 bridgehead atoms. The van der Waals surface area contributed by atoms with Crippen molar-refractivity contribution in [3.63, 3.8) is 0 Å². The van der Waals surface area contributed by atoms with E-state index in [2.05, 4.69) is 21.0 Å². The van der Waals surface area contributed by atoms with Crippen LogP contribution in [0.25, 0.3) is 0 Å². The van der Waals surface area contributed by atoms with Gasteiger partial charge in [-0.2, -0.15) is 5.10 Å². The van der Waals surface area contributed by atoms with E-state index in [1.165, 1.54) is 0 Å². The number of hydrogen-bond acceptors (Lipinski definition) is 2. The molecule has 0 aliphatic heterocycles. The minimum absolute atomic E-state index is 0.0568. The van der Waals surface area contributed by atoms with Gasteiger partial charge < -0.3 is 5.73 Å². The molecule has 3 nitrogen and oxygen atoms in total. The summed E-state index contributed by atoms with van der Waals surface area (Å²) >= 11 is 3.48. The zero-order valence-corrected chi connectivity index (χ0v) is 12.3. The lowest BCUT2D eigenvalue weighted by atomic mass is 9.94. The maximum absolute atomic E-state index is 14.5. The quantitative estimate of drug-likeness (QED) is 0.878. The van der Waals surface area contributed by atoms with Crippen molar-refractivity contribution in [2.45, 2.75) is 52.2 Å². The normalized spacial score (nSPS) is 14.9. The highest BCUT2D eigenvalue weighted by Gasteiger charge is 2.30. The Kier molecular flexibility index (Phi) is 5.13. The Morgan fingerprint density at radius 2 is 2.12 bits per heavy atom. The van der Waals surface area contributed by atoms with Crippen LogP contribution in [0.2, 0.25) is 0 Å². The van der Waals surface area contributed by atoms with Crippen LogP contribution >= 0.6 is 15.9 Å². The molecule has 1 aromatic rings. The molecule has 0 fully saturated rings. The second-order valence-electron chi connectivity index (χ2n) is 4.44. The van der Waals surface area contributed by atoms with Crippen molar-refractivity contribution in [3.8, 4) is 0 Å². The third-order valence-corrected chi connectivity index (χ3v) is 4.03. The Labute approximate surface area is 111 Å². The fraction of sp³-hybridized carbons (Fsp3) is 0.750. The van der Waals surface area contributed by atoms with E-state index in [-0.39, 0.29) is 6.54 Å². The third kappa shape index (κ3) is 3.28. The summed E-state index contributed by atoms with van der Waals surface area (Å²) in [5.41, 5.74) is 6.06. The lowest BCUT2D eigenvalue weighted by Gasteiger charge is -2.23. The van der Waals surface area contributed by atoms with Crippen molar-refractivity contribution < 1.29 is 4.39 Å². The molecule has 98 valence electrons. The first kappa shape index (κ1) is 14.6. The first-order valence-electron chi connectivity index (χ1n) is 6.08. The van der Waals surface area contributed by atoms with E-state index >= 15 is 0 Å². The van der Waals surface area contributed by atoms with Crippen molar-refractivity contribution in [2.75, 3.05) is 6.54 Å². The molecule has 0 aliphatic carbocycles. The summed E-state index contributed by atoms with van der Waals surface area (Å²) in [6.07, 6.45) is 1.61. The highest BCUT2D eigenvalue weighted by molar-refractivity contribution is 9.10. The van der Waals surface area contributed by atoms with Crippen LogP contribution in [0.3, 0.4) is 0 Å². The maximum atomic E-state index is 14.5. The maximum Gasteiger partial charge on any atom is 0.128 e. The fourth-order valence-electron chi connectivity index (χ4n) is 2.05. The zero-order chi connectivity index (χ0) is 13.1. The van der Waals surface area contributed by atoms with Gasteiger partial charge in [0.25, 0.3) is 0 Å². The SMILES string of the molecule is CCCC(F)(CN)Cc1c(Br)c(C)nn1CC. The van der Waals surface area contributed by atoms with Gasteiger partial charge in [-0.1, -0.05) is 13.3 Å². The highest BCUT2D eigenvalue weighted by atomic mass is 79.9. The molecule has 5 heteroatoms. The van der Waals surface area contributed by atoms with Gasteiger partial charge in [0, 0.05) is 19.5 Å². The number of aromatic nitrogens is 2. The summed E-state index contributed by atoms with van der Waals surface area (Å²) in [4.78, 5) is 0. The molecule has 1 atom stereocenters. The lowest BCUT2D eigenvalue weighted by Crippen LogP contribution is -2.36. The predicted octanol–water partition coefficient (Wildman–Crippen LogP) is 2.98. The number of halogens is 2. The van der Waals surface area contributed by atoms with Crippen LogP contribution in [0.1, 0.15) is 38.1 Å². The topological polar surface area (TPSA) is 43.8 Å². The Morgan fingerprint density at radius 1 is 1.47 bits per heavy atom. The van der Waals surface area contributed by atoms with Gasteiger partial charge in [0.15, 0.2) is 0 Å². The second kappa shape index (κ2) is 5.96. The lowest BCUT2D eigenvalue weighted by molar-refractivity contribution is 0.154. The number of aryl methyl sites for hydroxylation is 2. The van der Waals surface area contributed by atoms with Crippen LogP contribution in [-0.2, 0) is 13.0 Å². The van der Waals surface area contributed by atoms with Crippen molar-refractivity contribution >= 4 is 15.9 Å². The number of rotatable bonds is 6. The molecule has 1 unspecified atom stereocenters. The molecule has 0 radical (unpaired) electrons. The van der Waals surface area contributed by atoms with E-state index in [0.29, 0.717) is 12.8 Å². The molecule has 1 aromatic heterocycles. The predicted molar refractivity (Wildman–Crippen MR) is 71.8 cm³/mol. The van der Waals surface area contributed by atoms with Crippen LogP contribution in [0, 0.1) is 6.92 Å². The molecule has 2 N–H and O–H groups in total. The van der Waals surface area contributed by atoms with Gasteiger partial charge in [0.2, 0.25) is 0 Å². The van der Waals surface area contributed by atoms with E-state index in [1.807, 2.05) is 25.5 Å². The molecule has 0 amide bonds. The number of hydrogen-bond donors (Lipinski definition) is 1. The van der Waals surface area contributed by atoms with Gasteiger partial charge in [-0.15, -0.1) is 0 Å². The Morgan fingerprint density at radius 3 is 2.59 bits per heavy atom. The Bertz CT molecular complexity index is 378. The largest absolute Gasteiger partial charge is 0.328 e. The molecule has 0 aliphatic rings. The van der Waals surface area contributed by atoms with Crippen molar-refractivity contribution in [1.82, 2.24) is 9.78 Å². The van der Waals surface area contributed by atoms with Crippen LogP contribution in [-0.4, -0.2) is 22.0 Å². The number of nitrogens with zero attached hydrogens (tertiary/aromatic N) is 2. The van der Waals surface area contributed by atoms with E-state index in [1.54, 1.807) is 0 Å². The monoisotopic (exact) mass is 305 g/mol. The Hall–Kier alpha value is -0.420. The van der Waals surface area contributed by atoms with Gasteiger partial charge >= 0.3 is 0 Å². The molecular weight excluding hydrogens is 285 g/mol. The molecular formula is C12H21BrFN3. The van der Waals surface area contributed by atoms with Crippen LogP contribution in [0.15, 0.2) is 4.47 Å². The van der Waals surface area contributed by atoms with E-state index in [0.717, 1.165) is 28.8 Å². The summed E-state index contributed by atoms with van der Waals surface area (Å²) in [7, 11) is 0. The standard InChI is InChI=1S/C12H21BrFN3/c1-4-6-12(14,8-15)7-10-11(13)9(3)16-17(10)5-2/h4-8,15H2,1-3H3. The zero-order valence-electron chi connectivity index (χ0n) is 10.8. The molecule has 0 aromatic carbocycles. The molecule has 0 spiro atoms. The van der Waals surface area contributed by atoms with Gasteiger partial charge in [0.1, 0.15) is 5.67 Å². The minimum atomic E-state index is -1.32. The summed E-state index contributed by atoms with van der Waals surface area (Å²) in [5.74, 6) is 0. The van der Waals surface area contributed by atoms with E-state index in [4.69, 9.17) is 5.73 Å². The van der Waals surface area contributed by atoms with Crippen LogP contribution < -0.4 is 5.73 Å². The Balaban J connectivity index is 3.00. The average Bonchev–Trinajstić information content (AvgIpc) is 2.57. The van der Waals surface area contributed by atoms with E-state index < -0.39 is 5.67 Å². The summed E-state index contributed by atoms with van der Waals surface area (Å²) in [6.45, 7) is 6.70. The highest BCUT2D eigenvalue weighted by Crippen LogP contribution is 2.29. The smallest absolute Gasteiger partial charge is 0.128 e. The van der Waals surface area contributed by atoms with Crippen LogP contribution in [0.5, 0.6) is 0 Å². The summed E-state index contributed by atoms with van der Waals surface area (Å²) in [6, 6.07) is 0. The first-order chi connectivity index (χ1) is 7.97. The molecule has 0 saturated heterocycles. The van der Waals surface area contributed by atoms with Crippen molar-refractivity contribution in [3.05, 3.63) is 15.9 Å².